The molecule has 6 heteroatoms. The molecule has 156 valence electrons. The van der Waals surface area contributed by atoms with Crippen LogP contribution >= 0.6 is 0 Å². The van der Waals surface area contributed by atoms with E-state index in [4.69, 9.17) is 14.2 Å². The summed E-state index contributed by atoms with van der Waals surface area (Å²) in [6, 6.07) is 10.7. The van der Waals surface area contributed by atoms with Crippen LogP contribution in [0.3, 0.4) is 0 Å². The molecule has 1 heterocycles. The third kappa shape index (κ3) is 4.70. The summed E-state index contributed by atoms with van der Waals surface area (Å²) < 4.78 is 16.2. The Morgan fingerprint density at radius 2 is 1.50 bits per heavy atom. The molecule has 6 nitrogen and oxygen atoms in total. The van der Waals surface area contributed by atoms with Gasteiger partial charge < -0.3 is 14.2 Å². The molecule has 4 rings (SSSR count). The standard InChI is InChI=1S/C24H24O6/c25-20(19-7-9-22-23(14-19)29-12-2-11-28-22)8-10-24(27)30-15-21(26)18-6-5-16-3-1-4-17(16)13-18/h5-7,9,13-14H,1-4,8,10-12,15H2. The van der Waals surface area contributed by atoms with Gasteiger partial charge in [0.2, 0.25) is 0 Å². The number of benzene rings is 2. The van der Waals surface area contributed by atoms with Gasteiger partial charge in [0, 0.05) is 24.0 Å². The topological polar surface area (TPSA) is 78.9 Å². The minimum absolute atomic E-state index is 0.00547. The molecule has 0 spiro atoms. The van der Waals surface area contributed by atoms with Gasteiger partial charge in [-0.1, -0.05) is 12.1 Å². The molecule has 0 N–H and O–H groups in total. The van der Waals surface area contributed by atoms with Crippen molar-refractivity contribution in [2.75, 3.05) is 19.8 Å². The summed E-state index contributed by atoms with van der Waals surface area (Å²) in [5.74, 6) is 0.182. The number of fused-ring (bicyclic) bond motifs is 2. The third-order valence-corrected chi connectivity index (χ3v) is 5.41. The molecule has 2 aromatic rings. The predicted molar refractivity (Wildman–Crippen MR) is 109 cm³/mol. The van der Waals surface area contributed by atoms with E-state index in [1.807, 2.05) is 12.1 Å². The minimum atomic E-state index is -0.563. The number of ketones is 2. The zero-order valence-electron chi connectivity index (χ0n) is 16.8. The fraction of sp³-hybridized carbons (Fsp3) is 0.375. The fourth-order valence-electron chi connectivity index (χ4n) is 3.74. The number of aryl methyl sites for hydroxylation is 2. The van der Waals surface area contributed by atoms with Crippen LogP contribution in [0.4, 0.5) is 0 Å². The van der Waals surface area contributed by atoms with E-state index in [0.29, 0.717) is 35.8 Å². The van der Waals surface area contributed by atoms with Crippen molar-refractivity contribution in [3.8, 4) is 11.5 Å². The van der Waals surface area contributed by atoms with Crippen LogP contribution in [-0.2, 0) is 22.4 Å². The summed E-state index contributed by atoms with van der Waals surface area (Å²) in [7, 11) is 0. The molecule has 0 saturated carbocycles. The zero-order chi connectivity index (χ0) is 20.9. The first-order valence-electron chi connectivity index (χ1n) is 10.3. The Morgan fingerprint density at radius 3 is 2.37 bits per heavy atom. The van der Waals surface area contributed by atoms with Crippen LogP contribution in [0.25, 0.3) is 0 Å². The van der Waals surface area contributed by atoms with Gasteiger partial charge in [0.1, 0.15) is 0 Å². The van der Waals surface area contributed by atoms with Crippen molar-refractivity contribution in [2.24, 2.45) is 0 Å². The molecule has 1 aliphatic carbocycles. The average Bonchev–Trinajstić information content (AvgIpc) is 3.11. The molecule has 0 amide bonds. The molecular weight excluding hydrogens is 384 g/mol. The summed E-state index contributed by atoms with van der Waals surface area (Å²) >= 11 is 0. The minimum Gasteiger partial charge on any atom is -0.490 e. The zero-order valence-corrected chi connectivity index (χ0v) is 16.8. The molecule has 0 radical (unpaired) electrons. The first kappa shape index (κ1) is 20.1. The SMILES string of the molecule is O=C(CCC(=O)c1ccc2c(c1)OCCCO2)OCC(=O)c1ccc2c(c1)CCC2. The maximum atomic E-state index is 12.4. The van der Waals surface area contributed by atoms with Gasteiger partial charge in [-0.2, -0.15) is 0 Å². The highest BCUT2D eigenvalue weighted by Crippen LogP contribution is 2.31. The Hall–Kier alpha value is -3.15. The van der Waals surface area contributed by atoms with Gasteiger partial charge in [-0.05, 0) is 54.7 Å². The largest absolute Gasteiger partial charge is 0.490 e. The number of Topliss-reactive ketones (excluding diaryl/α,β-unsaturated/α-hetero) is 2. The number of esters is 1. The predicted octanol–water partition coefficient (Wildman–Crippen LogP) is 3.73. The van der Waals surface area contributed by atoms with Crippen molar-refractivity contribution in [1.29, 1.82) is 0 Å². The summed E-state index contributed by atoms with van der Waals surface area (Å²) in [6.45, 7) is 0.807. The summed E-state index contributed by atoms with van der Waals surface area (Å²) in [5, 5.41) is 0. The van der Waals surface area contributed by atoms with E-state index in [9.17, 15) is 14.4 Å². The molecule has 0 atom stereocenters. The molecule has 2 aromatic carbocycles. The molecule has 30 heavy (non-hydrogen) atoms. The van der Waals surface area contributed by atoms with E-state index < -0.39 is 5.97 Å². The summed E-state index contributed by atoms with van der Waals surface area (Å²) in [4.78, 5) is 36.7. The van der Waals surface area contributed by atoms with Crippen molar-refractivity contribution in [3.63, 3.8) is 0 Å². The maximum absolute atomic E-state index is 12.4. The average molecular weight is 408 g/mol. The second-order valence-corrected chi connectivity index (χ2v) is 7.56. The molecule has 0 aromatic heterocycles. The Balaban J connectivity index is 1.26. The number of rotatable bonds is 7. The lowest BCUT2D eigenvalue weighted by Gasteiger charge is -2.09. The van der Waals surface area contributed by atoms with E-state index >= 15 is 0 Å². The smallest absolute Gasteiger partial charge is 0.306 e. The Kier molecular flexibility index (Phi) is 6.12. The van der Waals surface area contributed by atoms with Crippen LogP contribution in [0.15, 0.2) is 36.4 Å². The van der Waals surface area contributed by atoms with Crippen LogP contribution in [0.1, 0.15) is 57.5 Å². The van der Waals surface area contributed by atoms with Crippen molar-refractivity contribution >= 4 is 17.5 Å². The first-order chi connectivity index (χ1) is 14.6. The highest BCUT2D eigenvalue weighted by atomic mass is 16.5. The van der Waals surface area contributed by atoms with Crippen molar-refractivity contribution in [3.05, 3.63) is 58.7 Å². The van der Waals surface area contributed by atoms with Crippen LogP contribution in [0, 0.1) is 0 Å². The van der Waals surface area contributed by atoms with Crippen LogP contribution in [0.5, 0.6) is 11.5 Å². The molecule has 2 aliphatic rings. The van der Waals surface area contributed by atoms with Gasteiger partial charge in [-0.25, -0.2) is 0 Å². The van der Waals surface area contributed by atoms with E-state index in [1.54, 1.807) is 24.3 Å². The lowest BCUT2D eigenvalue weighted by Crippen LogP contribution is -2.15. The van der Waals surface area contributed by atoms with Gasteiger partial charge in [0.25, 0.3) is 0 Å². The highest BCUT2D eigenvalue weighted by Gasteiger charge is 2.17. The van der Waals surface area contributed by atoms with Crippen molar-refractivity contribution in [2.45, 2.75) is 38.5 Å². The van der Waals surface area contributed by atoms with Gasteiger partial charge >= 0.3 is 5.97 Å². The number of carbonyl (C=O) groups excluding carboxylic acids is 3. The second-order valence-electron chi connectivity index (χ2n) is 7.56. The van der Waals surface area contributed by atoms with E-state index in [-0.39, 0.29) is 31.0 Å². The highest BCUT2D eigenvalue weighted by molar-refractivity contribution is 5.99. The van der Waals surface area contributed by atoms with Crippen molar-refractivity contribution in [1.82, 2.24) is 0 Å². The molecule has 0 fully saturated rings. The first-order valence-corrected chi connectivity index (χ1v) is 10.3. The molecule has 1 aliphatic heterocycles. The number of carbonyl (C=O) groups is 3. The molecule has 0 bridgehead atoms. The maximum Gasteiger partial charge on any atom is 0.306 e. The van der Waals surface area contributed by atoms with E-state index in [2.05, 4.69) is 0 Å². The van der Waals surface area contributed by atoms with Gasteiger partial charge in [0.15, 0.2) is 29.7 Å². The summed E-state index contributed by atoms with van der Waals surface area (Å²) in [6.07, 6.45) is 3.86. The van der Waals surface area contributed by atoms with E-state index in [0.717, 1.165) is 25.7 Å². The lowest BCUT2D eigenvalue weighted by atomic mass is 10.0. The molecule has 0 saturated heterocycles. The van der Waals surface area contributed by atoms with Gasteiger partial charge in [-0.3, -0.25) is 14.4 Å². The number of ether oxygens (including phenoxy) is 3. The normalized spacial score (nSPS) is 14.5. The van der Waals surface area contributed by atoms with Crippen LogP contribution in [0.2, 0.25) is 0 Å². The quantitative estimate of drug-likeness (QED) is 0.513. The summed E-state index contributed by atoms with van der Waals surface area (Å²) in [5.41, 5.74) is 3.51. The second kappa shape index (κ2) is 9.11. The molecule has 0 unspecified atom stereocenters. The fourth-order valence-corrected chi connectivity index (χ4v) is 3.74. The monoisotopic (exact) mass is 408 g/mol. The number of hydrogen-bond donors (Lipinski definition) is 0. The number of hydrogen-bond acceptors (Lipinski definition) is 6. The Labute approximate surface area is 175 Å². The Morgan fingerprint density at radius 1 is 0.767 bits per heavy atom. The van der Waals surface area contributed by atoms with Crippen LogP contribution < -0.4 is 9.47 Å². The Bertz CT molecular complexity index is 978. The lowest BCUT2D eigenvalue weighted by molar-refractivity contribution is -0.142. The molecular formula is C24H24O6. The van der Waals surface area contributed by atoms with Gasteiger partial charge in [-0.15, -0.1) is 0 Å². The van der Waals surface area contributed by atoms with E-state index in [1.165, 1.54) is 11.1 Å². The van der Waals surface area contributed by atoms with Crippen LogP contribution in [-0.4, -0.2) is 37.4 Å². The van der Waals surface area contributed by atoms with Gasteiger partial charge in [0.05, 0.1) is 19.6 Å². The third-order valence-electron chi connectivity index (χ3n) is 5.41. The van der Waals surface area contributed by atoms with Crippen molar-refractivity contribution < 1.29 is 28.6 Å².